The van der Waals surface area contributed by atoms with Crippen molar-refractivity contribution in [1.82, 2.24) is 9.55 Å². The third-order valence-corrected chi connectivity index (χ3v) is 5.79. The second-order valence-corrected chi connectivity index (χ2v) is 7.73. The molecule has 1 aliphatic rings. The van der Waals surface area contributed by atoms with Crippen LogP contribution in [0.1, 0.15) is 35.2 Å². The zero-order valence-corrected chi connectivity index (χ0v) is 15.9. The highest BCUT2D eigenvalue weighted by Gasteiger charge is 2.38. The number of benzene rings is 3. The van der Waals surface area contributed by atoms with Crippen LogP contribution in [0.25, 0.3) is 0 Å². The summed E-state index contributed by atoms with van der Waals surface area (Å²) in [4.78, 5) is 4.80. The first-order valence-corrected chi connectivity index (χ1v) is 10.1. The first-order chi connectivity index (χ1) is 13.9. The van der Waals surface area contributed by atoms with Crippen molar-refractivity contribution in [2.75, 3.05) is 0 Å². The number of nitrogens with zero attached hydrogens (tertiary/aromatic N) is 2. The Bertz CT molecular complexity index is 935. The maximum Gasteiger partial charge on any atom is 0.121 e. The van der Waals surface area contributed by atoms with Crippen LogP contribution >= 0.6 is 0 Å². The van der Waals surface area contributed by atoms with Gasteiger partial charge in [-0.2, -0.15) is 0 Å². The Morgan fingerprint density at radius 3 is 1.61 bits per heavy atom. The predicted octanol–water partition coefficient (Wildman–Crippen LogP) is 5.68. The number of hydrogen-bond donors (Lipinski definition) is 0. The Kier molecular flexibility index (Phi) is 4.32. The normalized spacial score (nSPS) is 14.1. The van der Waals surface area contributed by atoms with Crippen LogP contribution in [-0.2, 0) is 12.0 Å². The average molecular weight is 364 g/mol. The van der Waals surface area contributed by atoms with Gasteiger partial charge in [0.25, 0.3) is 0 Å². The third kappa shape index (κ3) is 2.95. The summed E-state index contributed by atoms with van der Waals surface area (Å²) < 4.78 is 2.31. The molecule has 1 aromatic heterocycles. The zero-order chi connectivity index (χ0) is 18.8. The summed E-state index contributed by atoms with van der Waals surface area (Å²) in [6, 6.07) is 32.3. The van der Waals surface area contributed by atoms with E-state index in [1.807, 2.05) is 6.33 Å². The molecule has 0 bridgehead atoms. The highest BCUT2D eigenvalue weighted by atomic mass is 15.1. The van der Waals surface area contributed by atoms with Crippen LogP contribution in [0.15, 0.2) is 104 Å². The lowest BCUT2D eigenvalue weighted by Gasteiger charge is -2.37. The molecule has 0 aliphatic heterocycles. The molecular formula is C26H24N2. The minimum atomic E-state index is -0.446. The summed E-state index contributed by atoms with van der Waals surface area (Å²) in [5.74, 6) is 0.822. The molecule has 3 aromatic carbocycles. The van der Waals surface area contributed by atoms with Gasteiger partial charge in [-0.25, -0.2) is 4.98 Å². The van der Waals surface area contributed by atoms with Gasteiger partial charge in [-0.3, -0.25) is 0 Å². The van der Waals surface area contributed by atoms with Gasteiger partial charge >= 0.3 is 0 Å². The maximum absolute atomic E-state index is 4.80. The van der Waals surface area contributed by atoms with Gasteiger partial charge in [0.05, 0.1) is 12.0 Å². The van der Waals surface area contributed by atoms with Crippen LogP contribution in [0.2, 0.25) is 0 Å². The van der Waals surface area contributed by atoms with Crippen LogP contribution < -0.4 is 0 Å². The van der Waals surface area contributed by atoms with Gasteiger partial charge in [0.1, 0.15) is 5.54 Å². The van der Waals surface area contributed by atoms with Gasteiger partial charge in [-0.15, -0.1) is 0 Å². The van der Waals surface area contributed by atoms with E-state index < -0.39 is 5.54 Å². The molecule has 2 nitrogen and oxygen atoms in total. The maximum atomic E-state index is 4.80. The highest BCUT2D eigenvalue weighted by molar-refractivity contribution is 5.50. The van der Waals surface area contributed by atoms with Gasteiger partial charge in [0.2, 0.25) is 0 Å². The summed E-state index contributed by atoms with van der Waals surface area (Å²) in [5.41, 5.74) is 4.46. The number of rotatable bonds is 6. The first kappa shape index (κ1) is 17.0. The van der Waals surface area contributed by atoms with Crippen molar-refractivity contribution in [3.63, 3.8) is 0 Å². The molecule has 0 amide bonds. The lowest BCUT2D eigenvalue weighted by atomic mass is 9.77. The van der Waals surface area contributed by atoms with Crippen molar-refractivity contribution in [3.8, 4) is 0 Å². The van der Waals surface area contributed by atoms with Crippen LogP contribution in [0, 0.1) is 5.92 Å². The molecule has 0 spiro atoms. The Balaban J connectivity index is 1.78. The quantitative estimate of drug-likeness (QED) is 0.403. The minimum Gasteiger partial charge on any atom is -0.319 e. The van der Waals surface area contributed by atoms with E-state index in [-0.39, 0.29) is 0 Å². The van der Waals surface area contributed by atoms with E-state index in [1.165, 1.54) is 35.2 Å². The SMILES string of the molecule is c1ccc(C(c2ccccc2)(c2ccccc2)n2cnc(CC3CC3)c2)cc1. The van der Waals surface area contributed by atoms with Crippen molar-refractivity contribution in [3.05, 3.63) is 126 Å². The standard InChI is InChI=1S/C26H24N2/c1-4-10-22(11-5-1)26(23-12-6-2-7-13-23,24-14-8-3-9-15-24)28-19-25(27-20-28)18-21-16-17-21/h1-15,19-21H,16-18H2. The fourth-order valence-corrected chi connectivity index (χ4v) is 4.26. The molecule has 1 saturated carbocycles. The van der Waals surface area contributed by atoms with Crippen molar-refractivity contribution in [2.45, 2.75) is 24.8 Å². The molecule has 0 unspecified atom stereocenters. The molecule has 138 valence electrons. The zero-order valence-electron chi connectivity index (χ0n) is 15.9. The molecule has 1 fully saturated rings. The Hall–Kier alpha value is -3.13. The van der Waals surface area contributed by atoms with Gasteiger partial charge < -0.3 is 4.57 Å². The van der Waals surface area contributed by atoms with Crippen LogP contribution in [0.3, 0.4) is 0 Å². The second-order valence-electron chi connectivity index (χ2n) is 7.73. The Morgan fingerprint density at radius 1 is 0.714 bits per heavy atom. The van der Waals surface area contributed by atoms with Crippen LogP contribution in [-0.4, -0.2) is 9.55 Å². The summed E-state index contributed by atoms with van der Waals surface area (Å²) in [7, 11) is 0. The molecule has 28 heavy (non-hydrogen) atoms. The van der Waals surface area contributed by atoms with Gasteiger partial charge in [0, 0.05) is 6.20 Å². The summed E-state index contributed by atoms with van der Waals surface area (Å²) in [5, 5.41) is 0. The van der Waals surface area contributed by atoms with E-state index in [0.29, 0.717) is 0 Å². The lowest BCUT2D eigenvalue weighted by Crippen LogP contribution is -2.36. The molecule has 0 radical (unpaired) electrons. The molecule has 0 saturated heterocycles. The predicted molar refractivity (Wildman–Crippen MR) is 113 cm³/mol. The smallest absolute Gasteiger partial charge is 0.121 e. The first-order valence-electron chi connectivity index (χ1n) is 10.1. The van der Waals surface area contributed by atoms with Gasteiger partial charge in [-0.1, -0.05) is 91.0 Å². The number of aromatic nitrogens is 2. The summed E-state index contributed by atoms with van der Waals surface area (Å²) >= 11 is 0. The fraction of sp³-hybridized carbons (Fsp3) is 0.192. The van der Waals surface area contributed by atoms with E-state index in [9.17, 15) is 0 Å². The van der Waals surface area contributed by atoms with E-state index in [1.54, 1.807) is 0 Å². The Morgan fingerprint density at radius 2 is 1.18 bits per heavy atom. The largest absolute Gasteiger partial charge is 0.319 e. The van der Waals surface area contributed by atoms with E-state index in [2.05, 4.69) is 102 Å². The average Bonchev–Trinajstić information content (AvgIpc) is 3.46. The van der Waals surface area contributed by atoms with Crippen molar-refractivity contribution in [2.24, 2.45) is 5.92 Å². The number of hydrogen-bond acceptors (Lipinski definition) is 1. The topological polar surface area (TPSA) is 17.8 Å². The van der Waals surface area contributed by atoms with Crippen molar-refractivity contribution >= 4 is 0 Å². The summed E-state index contributed by atoms with van der Waals surface area (Å²) in [6.07, 6.45) is 8.04. The van der Waals surface area contributed by atoms with Gasteiger partial charge in [0.15, 0.2) is 0 Å². The molecule has 1 aliphatic carbocycles. The molecule has 4 aromatic rings. The summed E-state index contributed by atoms with van der Waals surface area (Å²) in [6.45, 7) is 0. The van der Waals surface area contributed by atoms with Crippen LogP contribution in [0.5, 0.6) is 0 Å². The van der Waals surface area contributed by atoms with Crippen molar-refractivity contribution in [1.29, 1.82) is 0 Å². The molecule has 0 N–H and O–H groups in total. The van der Waals surface area contributed by atoms with Gasteiger partial charge in [-0.05, 0) is 41.9 Å². The minimum absolute atomic E-state index is 0.446. The Labute approximate surface area is 166 Å². The molecule has 0 atom stereocenters. The second kappa shape index (κ2) is 7.12. The van der Waals surface area contributed by atoms with Crippen molar-refractivity contribution < 1.29 is 0 Å². The number of imidazole rings is 1. The molecule has 1 heterocycles. The third-order valence-electron chi connectivity index (χ3n) is 5.79. The lowest BCUT2D eigenvalue weighted by molar-refractivity contribution is 0.514. The highest BCUT2D eigenvalue weighted by Crippen LogP contribution is 2.41. The van der Waals surface area contributed by atoms with E-state index in [4.69, 9.17) is 4.98 Å². The molecular weight excluding hydrogens is 340 g/mol. The molecule has 5 rings (SSSR count). The monoisotopic (exact) mass is 364 g/mol. The molecule has 2 heteroatoms. The van der Waals surface area contributed by atoms with Crippen LogP contribution in [0.4, 0.5) is 0 Å². The fourth-order valence-electron chi connectivity index (χ4n) is 4.26. The van der Waals surface area contributed by atoms with E-state index >= 15 is 0 Å². The van der Waals surface area contributed by atoms with E-state index in [0.717, 1.165) is 12.3 Å².